The minimum Gasteiger partial charge on any atom is -0.314 e. The van der Waals surface area contributed by atoms with E-state index in [1.165, 1.54) is 11.1 Å². The van der Waals surface area contributed by atoms with Gasteiger partial charge in [0.25, 0.3) is 0 Å². The van der Waals surface area contributed by atoms with Gasteiger partial charge in [-0.25, -0.2) is 0 Å². The molecule has 0 fully saturated rings. The van der Waals surface area contributed by atoms with Crippen molar-refractivity contribution in [3.63, 3.8) is 0 Å². The van der Waals surface area contributed by atoms with Gasteiger partial charge in [0, 0.05) is 18.4 Å². The van der Waals surface area contributed by atoms with E-state index in [9.17, 15) is 0 Å². The quantitative estimate of drug-likeness (QED) is 0.516. The summed E-state index contributed by atoms with van der Waals surface area (Å²) in [7, 11) is 1.81. The van der Waals surface area contributed by atoms with Crippen LogP contribution in [-0.4, -0.2) is 18.6 Å². The molecule has 0 spiro atoms. The molecular weight excluding hydrogens is 252 g/mol. The van der Waals surface area contributed by atoms with E-state index in [0.717, 1.165) is 17.2 Å². The maximum atomic E-state index is 4.28. The monoisotopic (exact) mass is 270 g/mol. The molecule has 2 aromatic rings. The van der Waals surface area contributed by atoms with Crippen molar-refractivity contribution in [3.8, 4) is 11.1 Å². The molecule has 0 aliphatic heterocycles. The zero-order valence-corrected chi connectivity index (χ0v) is 12.1. The van der Waals surface area contributed by atoms with Gasteiger partial charge in [-0.15, -0.1) is 0 Å². The average Bonchev–Trinajstić information content (AvgIpc) is 2.49. The molecule has 1 N–H and O–H groups in total. The highest BCUT2D eigenvalue weighted by Gasteiger charge is 2.03. The highest BCUT2D eigenvalue weighted by atomic mass is 32.2. The van der Waals surface area contributed by atoms with Crippen LogP contribution in [0.25, 0.3) is 11.1 Å². The molecule has 0 amide bonds. The van der Waals surface area contributed by atoms with Crippen molar-refractivity contribution in [2.24, 2.45) is 4.99 Å². The van der Waals surface area contributed by atoms with Crippen molar-refractivity contribution < 1.29 is 0 Å². The summed E-state index contributed by atoms with van der Waals surface area (Å²) in [5.74, 6) is 1.94. The number of hydrogen-bond acceptors (Lipinski definition) is 2. The minimum absolute atomic E-state index is 0.923. The van der Waals surface area contributed by atoms with Crippen molar-refractivity contribution in [3.05, 3.63) is 60.2 Å². The van der Waals surface area contributed by atoms with Crippen LogP contribution < -0.4 is 4.72 Å². The molecule has 0 atom stereocenters. The maximum absolute atomic E-state index is 4.28. The average molecular weight is 270 g/mol. The largest absolute Gasteiger partial charge is 0.314 e. The second-order valence-corrected chi connectivity index (χ2v) is 5.12. The Balaban J connectivity index is 2.18. The van der Waals surface area contributed by atoms with Crippen LogP contribution in [0, 0.1) is 0 Å². The standard InChI is InChI=1S/C16H18N2S/c1-3-19-18-16(17-2)15-11-9-14(10-12-15)13-7-5-4-6-8-13/h4-12H,3H2,1-2H3,(H,17,18). The predicted octanol–water partition coefficient (Wildman–Crippen LogP) is 3.99. The van der Waals surface area contributed by atoms with Crippen molar-refractivity contribution in [2.75, 3.05) is 12.8 Å². The van der Waals surface area contributed by atoms with E-state index in [1.807, 2.05) is 13.1 Å². The Morgan fingerprint density at radius 1 is 1.00 bits per heavy atom. The molecule has 19 heavy (non-hydrogen) atoms. The van der Waals surface area contributed by atoms with Crippen molar-refractivity contribution in [2.45, 2.75) is 6.92 Å². The Morgan fingerprint density at radius 3 is 2.21 bits per heavy atom. The molecule has 0 aliphatic carbocycles. The van der Waals surface area contributed by atoms with E-state index in [0.29, 0.717) is 0 Å². The fraction of sp³-hybridized carbons (Fsp3) is 0.188. The molecule has 2 aromatic carbocycles. The Hall–Kier alpha value is -1.74. The van der Waals surface area contributed by atoms with Gasteiger partial charge in [0.05, 0.1) is 0 Å². The summed E-state index contributed by atoms with van der Waals surface area (Å²) in [5.41, 5.74) is 3.58. The van der Waals surface area contributed by atoms with Gasteiger partial charge < -0.3 is 4.72 Å². The Bertz CT molecular complexity index is 532. The van der Waals surface area contributed by atoms with E-state index in [4.69, 9.17) is 0 Å². The van der Waals surface area contributed by atoms with Crippen LogP contribution in [0.1, 0.15) is 12.5 Å². The van der Waals surface area contributed by atoms with Crippen molar-refractivity contribution in [1.82, 2.24) is 4.72 Å². The zero-order chi connectivity index (χ0) is 13.5. The Labute approximate surface area is 119 Å². The molecule has 3 heteroatoms. The Kier molecular flexibility index (Phi) is 5.04. The van der Waals surface area contributed by atoms with E-state index < -0.39 is 0 Å². The molecule has 0 saturated carbocycles. The SMILES string of the molecule is CCSNC(=NC)c1ccc(-c2ccccc2)cc1. The summed E-state index contributed by atoms with van der Waals surface area (Å²) in [4.78, 5) is 4.28. The molecule has 0 unspecified atom stereocenters. The number of aliphatic imine (C=N–C) groups is 1. The summed E-state index contributed by atoms with van der Waals surface area (Å²) >= 11 is 1.66. The molecule has 0 bridgehead atoms. The number of rotatable bonds is 4. The lowest BCUT2D eigenvalue weighted by Gasteiger charge is -2.08. The lowest BCUT2D eigenvalue weighted by atomic mass is 10.0. The first-order valence-corrected chi connectivity index (χ1v) is 7.34. The minimum atomic E-state index is 0.923. The topological polar surface area (TPSA) is 24.4 Å². The van der Waals surface area contributed by atoms with Crippen LogP contribution >= 0.6 is 11.9 Å². The molecule has 0 heterocycles. The number of amidine groups is 1. The third-order valence-electron chi connectivity index (χ3n) is 2.80. The smallest absolute Gasteiger partial charge is 0.138 e. The molecule has 0 saturated heterocycles. The lowest BCUT2D eigenvalue weighted by molar-refractivity contribution is 1.33. The second kappa shape index (κ2) is 7.00. The molecule has 98 valence electrons. The van der Waals surface area contributed by atoms with Gasteiger partial charge in [-0.1, -0.05) is 73.5 Å². The van der Waals surface area contributed by atoms with Crippen LogP contribution in [-0.2, 0) is 0 Å². The fourth-order valence-corrected chi connectivity index (χ4v) is 2.32. The molecule has 0 aromatic heterocycles. The van der Waals surface area contributed by atoms with Crippen LogP contribution in [0.2, 0.25) is 0 Å². The summed E-state index contributed by atoms with van der Waals surface area (Å²) in [6.07, 6.45) is 0. The summed E-state index contributed by atoms with van der Waals surface area (Å²) in [5, 5.41) is 0. The van der Waals surface area contributed by atoms with Gasteiger partial charge in [0.1, 0.15) is 5.84 Å². The first-order valence-electron chi connectivity index (χ1n) is 6.35. The van der Waals surface area contributed by atoms with E-state index in [1.54, 1.807) is 11.9 Å². The Morgan fingerprint density at radius 2 is 1.63 bits per heavy atom. The van der Waals surface area contributed by atoms with Gasteiger partial charge >= 0.3 is 0 Å². The van der Waals surface area contributed by atoms with Gasteiger partial charge in [-0.3, -0.25) is 4.99 Å². The van der Waals surface area contributed by atoms with Crippen molar-refractivity contribution >= 4 is 17.8 Å². The molecule has 2 rings (SSSR count). The fourth-order valence-electron chi connectivity index (χ4n) is 1.83. The van der Waals surface area contributed by atoms with Gasteiger partial charge in [0.15, 0.2) is 0 Å². The molecule has 0 radical (unpaired) electrons. The normalized spacial score (nSPS) is 11.4. The predicted molar refractivity (Wildman–Crippen MR) is 85.6 cm³/mol. The molecule has 0 aliphatic rings. The first kappa shape index (κ1) is 13.7. The number of nitrogens with zero attached hydrogens (tertiary/aromatic N) is 1. The third-order valence-corrected chi connectivity index (χ3v) is 3.43. The summed E-state index contributed by atoms with van der Waals surface area (Å²) < 4.78 is 3.26. The van der Waals surface area contributed by atoms with Gasteiger partial charge in [0.2, 0.25) is 0 Å². The highest BCUT2D eigenvalue weighted by Crippen LogP contribution is 2.19. The zero-order valence-electron chi connectivity index (χ0n) is 11.3. The van der Waals surface area contributed by atoms with E-state index >= 15 is 0 Å². The summed E-state index contributed by atoms with van der Waals surface area (Å²) in [6.45, 7) is 2.11. The first-order chi connectivity index (χ1) is 9.35. The number of hydrogen-bond donors (Lipinski definition) is 1. The second-order valence-electron chi connectivity index (χ2n) is 4.05. The summed E-state index contributed by atoms with van der Waals surface area (Å²) in [6, 6.07) is 18.9. The van der Waals surface area contributed by atoms with E-state index in [2.05, 4.69) is 65.2 Å². The van der Waals surface area contributed by atoms with Gasteiger partial charge in [-0.2, -0.15) is 0 Å². The van der Waals surface area contributed by atoms with Gasteiger partial charge in [-0.05, 0) is 11.1 Å². The molecular formula is C16H18N2S. The lowest BCUT2D eigenvalue weighted by Crippen LogP contribution is -2.17. The van der Waals surface area contributed by atoms with Crippen LogP contribution in [0.4, 0.5) is 0 Å². The van der Waals surface area contributed by atoms with Crippen molar-refractivity contribution in [1.29, 1.82) is 0 Å². The number of benzene rings is 2. The van der Waals surface area contributed by atoms with Crippen LogP contribution in [0.15, 0.2) is 59.6 Å². The highest BCUT2D eigenvalue weighted by molar-refractivity contribution is 7.97. The molecule has 2 nitrogen and oxygen atoms in total. The number of nitrogens with one attached hydrogen (secondary N) is 1. The van der Waals surface area contributed by atoms with E-state index in [-0.39, 0.29) is 0 Å². The third kappa shape index (κ3) is 3.61. The maximum Gasteiger partial charge on any atom is 0.138 e. The van der Waals surface area contributed by atoms with Crippen LogP contribution in [0.5, 0.6) is 0 Å². The van der Waals surface area contributed by atoms with Crippen LogP contribution in [0.3, 0.4) is 0 Å².